The van der Waals surface area contributed by atoms with Gasteiger partial charge in [0.05, 0.1) is 22.9 Å². The van der Waals surface area contributed by atoms with Crippen LogP contribution in [0.5, 0.6) is 0 Å². The van der Waals surface area contributed by atoms with E-state index < -0.39 is 17.8 Å². The lowest BCUT2D eigenvalue weighted by Gasteiger charge is -2.25. The molecule has 31 heavy (non-hydrogen) atoms. The third kappa shape index (κ3) is 3.89. The number of hydrogen-bond acceptors (Lipinski definition) is 4. The Morgan fingerprint density at radius 2 is 1.84 bits per heavy atom. The summed E-state index contributed by atoms with van der Waals surface area (Å²) in [4.78, 5) is 38.5. The molecule has 4 amide bonds. The Bertz CT molecular complexity index is 1240. The van der Waals surface area contributed by atoms with E-state index in [2.05, 4.69) is 5.32 Å². The van der Waals surface area contributed by atoms with Crippen molar-refractivity contribution in [3.63, 3.8) is 0 Å². The molecule has 0 unspecified atom stereocenters. The second-order valence-electron chi connectivity index (χ2n) is 7.05. The average Bonchev–Trinajstić information content (AvgIpc) is 3.32. The van der Waals surface area contributed by atoms with E-state index in [4.69, 9.17) is 27.6 Å². The second-order valence-corrected chi connectivity index (χ2v) is 7.86. The number of rotatable bonds is 4. The monoisotopic (exact) mass is 457 g/mol. The molecule has 9 heteroatoms. The molecule has 0 spiro atoms. The third-order valence-electron chi connectivity index (χ3n) is 5.01. The van der Waals surface area contributed by atoms with E-state index in [-0.39, 0.29) is 12.1 Å². The maximum absolute atomic E-state index is 12.9. The number of halogens is 2. The summed E-state index contributed by atoms with van der Waals surface area (Å²) in [6, 6.07) is 9.62. The van der Waals surface area contributed by atoms with Crippen molar-refractivity contribution in [1.82, 2.24) is 14.8 Å². The lowest BCUT2D eigenvalue weighted by molar-refractivity contribution is -0.130. The molecule has 3 aromatic rings. The van der Waals surface area contributed by atoms with Crippen molar-refractivity contribution >= 4 is 47.1 Å². The number of amides is 4. The Labute approximate surface area is 187 Å². The van der Waals surface area contributed by atoms with Crippen molar-refractivity contribution in [3.8, 4) is 5.69 Å². The van der Waals surface area contributed by atoms with Crippen molar-refractivity contribution in [3.05, 3.63) is 81.0 Å². The molecule has 0 atom stereocenters. The molecule has 0 radical (unpaired) electrons. The van der Waals surface area contributed by atoms with Gasteiger partial charge in [0.15, 0.2) is 0 Å². The topological polar surface area (TPSA) is 84.6 Å². The number of nitrogens with zero attached hydrogens (tertiary/aromatic N) is 2. The number of aryl methyl sites for hydroxylation is 1. The van der Waals surface area contributed by atoms with Crippen LogP contribution in [0.2, 0.25) is 10.0 Å². The first-order chi connectivity index (χ1) is 14.8. The lowest BCUT2D eigenvalue weighted by Crippen LogP contribution is -2.53. The van der Waals surface area contributed by atoms with Crippen LogP contribution in [-0.2, 0) is 16.1 Å². The number of hydrogen-bond donors (Lipinski definition) is 1. The molecule has 158 valence electrons. The Balaban J connectivity index is 1.71. The van der Waals surface area contributed by atoms with Crippen LogP contribution in [0.25, 0.3) is 11.8 Å². The summed E-state index contributed by atoms with van der Waals surface area (Å²) in [6.45, 7) is 3.68. The van der Waals surface area contributed by atoms with Crippen LogP contribution in [0.15, 0.2) is 52.7 Å². The number of imide groups is 2. The summed E-state index contributed by atoms with van der Waals surface area (Å²) in [5, 5.41) is 3.07. The van der Waals surface area contributed by atoms with Gasteiger partial charge in [0.2, 0.25) is 0 Å². The van der Waals surface area contributed by atoms with E-state index in [9.17, 15) is 14.4 Å². The van der Waals surface area contributed by atoms with Crippen molar-refractivity contribution in [2.75, 3.05) is 0 Å². The van der Waals surface area contributed by atoms with Gasteiger partial charge < -0.3 is 8.98 Å². The molecule has 1 fully saturated rings. The second kappa shape index (κ2) is 8.09. The number of barbiturate groups is 1. The van der Waals surface area contributed by atoms with Crippen LogP contribution in [0.4, 0.5) is 4.79 Å². The first-order valence-electron chi connectivity index (χ1n) is 9.32. The predicted molar refractivity (Wildman–Crippen MR) is 116 cm³/mol. The fourth-order valence-corrected chi connectivity index (χ4v) is 3.80. The smallest absolute Gasteiger partial charge is 0.331 e. The van der Waals surface area contributed by atoms with Gasteiger partial charge in [-0.1, -0.05) is 23.2 Å². The summed E-state index contributed by atoms with van der Waals surface area (Å²) in [6.07, 6.45) is 2.93. The van der Waals surface area contributed by atoms with Crippen LogP contribution in [-0.4, -0.2) is 27.3 Å². The molecule has 2 aromatic heterocycles. The Hall–Kier alpha value is -3.29. The molecule has 0 saturated carbocycles. The highest BCUT2D eigenvalue weighted by molar-refractivity contribution is 6.42. The number of urea groups is 1. The zero-order valence-corrected chi connectivity index (χ0v) is 18.1. The fraction of sp³-hybridized carbons (Fsp3) is 0.136. The summed E-state index contributed by atoms with van der Waals surface area (Å²) < 4.78 is 7.15. The summed E-state index contributed by atoms with van der Waals surface area (Å²) >= 11 is 12.2. The summed E-state index contributed by atoms with van der Waals surface area (Å²) in [5.41, 5.74) is 2.98. The quantitative estimate of drug-likeness (QED) is 0.456. The number of carbonyl (C=O) groups excluding carboxylic acids is 3. The molecular formula is C22H17Cl2N3O4. The first-order valence-corrected chi connectivity index (χ1v) is 10.1. The average molecular weight is 458 g/mol. The van der Waals surface area contributed by atoms with E-state index in [1.165, 1.54) is 12.3 Å². The molecule has 1 N–H and O–H groups in total. The number of aromatic nitrogens is 1. The van der Waals surface area contributed by atoms with Crippen LogP contribution in [0, 0.1) is 13.8 Å². The maximum atomic E-state index is 12.9. The van der Waals surface area contributed by atoms with Crippen molar-refractivity contribution in [2.24, 2.45) is 0 Å². The number of nitrogens with one attached hydrogen (secondary N) is 1. The molecule has 1 aromatic carbocycles. The number of furan rings is 1. The molecule has 1 aliphatic heterocycles. The van der Waals surface area contributed by atoms with E-state index in [1.807, 2.05) is 30.5 Å². The standard InChI is InChI=1S/C22H17Cl2N3O4/c1-12-8-14(13(2)27(12)15-5-6-18(23)19(24)10-15)9-17-20(28)25-22(30)26(21(17)29)11-16-4-3-7-31-16/h3-10H,11H2,1-2H3,(H,25,28,30). The van der Waals surface area contributed by atoms with E-state index in [0.717, 1.165) is 22.0 Å². The highest BCUT2D eigenvalue weighted by atomic mass is 35.5. The number of benzene rings is 1. The van der Waals surface area contributed by atoms with Crippen molar-refractivity contribution in [1.29, 1.82) is 0 Å². The third-order valence-corrected chi connectivity index (χ3v) is 5.75. The van der Waals surface area contributed by atoms with E-state index in [0.29, 0.717) is 21.4 Å². The Morgan fingerprint density at radius 1 is 1.06 bits per heavy atom. The van der Waals surface area contributed by atoms with Gasteiger partial charge in [0.1, 0.15) is 11.3 Å². The zero-order valence-electron chi connectivity index (χ0n) is 16.6. The van der Waals surface area contributed by atoms with Crippen molar-refractivity contribution < 1.29 is 18.8 Å². The molecule has 1 aliphatic rings. The highest BCUT2D eigenvalue weighted by Gasteiger charge is 2.36. The largest absolute Gasteiger partial charge is 0.467 e. The minimum Gasteiger partial charge on any atom is -0.467 e. The minimum absolute atomic E-state index is 0.0788. The maximum Gasteiger partial charge on any atom is 0.331 e. The molecule has 0 aliphatic carbocycles. The minimum atomic E-state index is -0.787. The van der Waals surface area contributed by atoms with Gasteiger partial charge in [0, 0.05) is 17.1 Å². The van der Waals surface area contributed by atoms with Crippen LogP contribution < -0.4 is 5.32 Å². The van der Waals surface area contributed by atoms with Crippen LogP contribution in [0.3, 0.4) is 0 Å². The Kier molecular flexibility index (Phi) is 5.47. The van der Waals surface area contributed by atoms with Gasteiger partial charge in [0.25, 0.3) is 11.8 Å². The molecule has 1 saturated heterocycles. The van der Waals surface area contributed by atoms with E-state index in [1.54, 1.807) is 24.3 Å². The normalized spacial score (nSPS) is 15.7. The van der Waals surface area contributed by atoms with Crippen LogP contribution in [0.1, 0.15) is 22.7 Å². The highest BCUT2D eigenvalue weighted by Crippen LogP contribution is 2.29. The molecule has 0 bridgehead atoms. The summed E-state index contributed by atoms with van der Waals surface area (Å²) in [7, 11) is 0. The van der Waals surface area contributed by atoms with Gasteiger partial charge >= 0.3 is 6.03 Å². The van der Waals surface area contributed by atoms with Gasteiger partial charge in [-0.25, -0.2) is 4.79 Å². The Morgan fingerprint density at radius 3 is 2.52 bits per heavy atom. The fourth-order valence-electron chi connectivity index (χ4n) is 3.51. The molecular weight excluding hydrogens is 441 g/mol. The van der Waals surface area contributed by atoms with Gasteiger partial charge in [-0.15, -0.1) is 0 Å². The molecule has 3 heterocycles. The predicted octanol–water partition coefficient (Wildman–Crippen LogP) is 4.66. The van der Waals surface area contributed by atoms with Gasteiger partial charge in [-0.05, 0) is 61.9 Å². The SMILES string of the molecule is Cc1cc(C=C2C(=O)NC(=O)N(Cc3ccco3)C2=O)c(C)n1-c1ccc(Cl)c(Cl)c1. The summed E-state index contributed by atoms with van der Waals surface area (Å²) in [5.74, 6) is -1.01. The molecule has 7 nitrogen and oxygen atoms in total. The molecule has 4 rings (SSSR count). The van der Waals surface area contributed by atoms with Gasteiger partial charge in [-0.3, -0.25) is 19.8 Å². The lowest BCUT2D eigenvalue weighted by atomic mass is 10.1. The van der Waals surface area contributed by atoms with Crippen LogP contribution >= 0.6 is 23.2 Å². The van der Waals surface area contributed by atoms with E-state index >= 15 is 0 Å². The zero-order chi connectivity index (χ0) is 22.3. The van der Waals surface area contributed by atoms with Gasteiger partial charge in [-0.2, -0.15) is 0 Å². The first kappa shape index (κ1) is 21.0. The number of carbonyl (C=O) groups is 3. The van der Waals surface area contributed by atoms with Crippen molar-refractivity contribution in [2.45, 2.75) is 20.4 Å².